The van der Waals surface area contributed by atoms with E-state index in [0.29, 0.717) is 23.6 Å². The van der Waals surface area contributed by atoms with Gasteiger partial charge in [-0.2, -0.15) is 0 Å². The summed E-state index contributed by atoms with van der Waals surface area (Å²) in [6.45, 7) is 2.44. The fraction of sp³-hybridized carbons (Fsp3) is 0.0800. The lowest BCUT2D eigenvalue weighted by molar-refractivity contribution is 0.104. The molecule has 0 atom stereocenters. The number of nitrogens with two attached hydrogens (primary N) is 1. The van der Waals surface area contributed by atoms with Crippen LogP contribution in [0.15, 0.2) is 94.7 Å². The maximum Gasteiger partial charge on any atom is 0.211 e. The van der Waals surface area contributed by atoms with E-state index in [1.54, 1.807) is 72.8 Å². The van der Waals surface area contributed by atoms with E-state index in [2.05, 4.69) is 5.32 Å². The summed E-state index contributed by atoms with van der Waals surface area (Å²) in [6.07, 6.45) is 0. The van der Waals surface area contributed by atoms with Crippen LogP contribution >= 0.6 is 11.3 Å². The Morgan fingerprint density at radius 2 is 1.55 bits per heavy atom. The van der Waals surface area contributed by atoms with Gasteiger partial charge in [-0.3, -0.25) is 4.79 Å². The minimum atomic E-state index is -3.99. The van der Waals surface area contributed by atoms with Gasteiger partial charge in [-0.15, -0.1) is 11.3 Å². The second-order valence-electron chi connectivity index (χ2n) is 7.10. The van der Waals surface area contributed by atoms with Gasteiger partial charge < -0.3 is 15.8 Å². The molecule has 0 saturated heterocycles. The molecular formula is C25H22N2O4S2. The summed E-state index contributed by atoms with van der Waals surface area (Å²) >= 11 is 1.02. The molecule has 33 heavy (non-hydrogen) atoms. The molecule has 0 bridgehead atoms. The normalized spacial score (nSPS) is 11.2. The summed E-state index contributed by atoms with van der Waals surface area (Å²) in [6, 6.07) is 23.8. The molecule has 1 aromatic heterocycles. The molecule has 0 radical (unpaired) electrons. The molecule has 6 nitrogen and oxygen atoms in total. The number of ketones is 1. The number of nitrogens with one attached hydrogen (secondary N) is 1. The van der Waals surface area contributed by atoms with Gasteiger partial charge in [0, 0.05) is 11.3 Å². The highest BCUT2D eigenvalue weighted by Gasteiger charge is 2.31. The van der Waals surface area contributed by atoms with E-state index >= 15 is 0 Å². The number of anilines is 3. The van der Waals surface area contributed by atoms with Crippen molar-refractivity contribution in [3.05, 3.63) is 95.4 Å². The van der Waals surface area contributed by atoms with Gasteiger partial charge >= 0.3 is 0 Å². The number of carbonyl (C=O) groups excluding carboxylic acids is 1. The van der Waals surface area contributed by atoms with Crippen molar-refractivity contribution in [3.8, 4) is 5.75 Å². The Balaban J connectivity index is 1.82. The van der Waals surface area contributed by atoms with Crippen LogP contribution in [-0.2, 0) is 9.84 Å². The molecule has 0 aliphatic rings. The predicted octanol–water partition coefficient (Wildman–Crippen LogP) is 5.54. The summed E-state index contributed by atoms with van der Waals surface area (Å²) in [5.74, 6) is 0.369. The van der Waals surface area contributed by atoms with E-state index in [0.717, 1.165) is 11.3 Å². The number of carbonyl (C=O) groups is 1. The first kappa shape index (κ1) is 22.6. The number of sulfone groups is 1. The van der Waals surface area contributed by atoms with E-state index in [9.17, 15) is 13.2 Å². The SMILES string of the molecule is CCOc1ccc(Nc2sc(C(=O)c3ccccc3)c(N)c2S(=O)(=O)c2ccccc2)cc1. The molecule has 168 valence electrons. The second kappa shape index (κ2) is 9.48. The van der Waals surface area contributed by atoms with Gasteiger partial charge in [0.05, 0.1) is 17.2 Å². The van der Waals surface area contributed by atoms with Crippen molar-refractivity contribution in [2.45, 2.75) is 16.7 Å². The number of thiophene rings is 1. The van der Waals surface area contributed by atoms with E-state index in [1.165, 1.54) is 12.1 Å². The van der Waals surface area contributed by atoms with E-state index in [-0.39, 0.29) is 31.1 Å². The molecule has 0 amide bonds. The lowest BCUT2D eigenvalue weighted by Gasteiger charge is -2.10. The molecule has 8 heteroatoms. The molecular weight excluding hydrogens is 456 g/mol. The van der Waals surface area contributed by atoms with Gasteiger partial charge in [0.1, 0.15) is 20.5 Å². The van der Waals surface area contributed by atoms with E-state index < -0.39 is 9.84 Å². The van der Waals surface area contributed by atoms with Crippen LogP contribution in [0.5, 0.6) is 5.75 Å². The van der Waals surface area contributed by atoms with Crippen molar-refractivity contribution in [2.75, 3.05) is 17.7 Å². The molecule has 3 aromatic carbocycles. The van der Waals surface area contributed by atoms with Gasteiger partial charge in [0.25, 0.3) is 0 Å². The highest BCUT2D eigenvalue weighted by Crippen LogP contribution is 2.44. The molecule has 1 heterocycles. The highest BCUT2D eigenvalue weighted by atomic mass is 32.2. The maximum atomic E-state index is 13.5. The number of rotatable bonds is 8. The molecule has 0 fully saturated rings. The lowest BCUT2D eigenvalue weighted by Crippen LogP contribution is -2.08. The average molecular weight is 479 g/mol. The Kier molecular flexibility index (Phi) is 6.48. The van der Waals surface area contributed by atoms with Crippen LogP contribution in [0.1, 0.15) is 22.2 Å². The van der Waals surface area contributed by atoms with Crippen LogP contribution < -0.4 is 15.8 Å². The number of benzene rings is 3. The standard InChI is InChI=1S/C25H22N2O4S2/c1-2-31-19-15-13-18(14-16-19)27-25-24(33(29,30)20-11-7-4-8-12-20)21(26)23(32-25)22(28)17-9-5-3-6-10-17/h3-16,27H,2,26H2,1H3. The Morgan fingerprint density at radius 3 is 2.15 bits per heavy atom. The Bertz CT molecular complexity index is 1370. The Labute approximate surface area is 196 Å². The Morgan fingerprint density at radius 1 is 0.939 bits per heavy atom. The van der Waals surface area contributed by atoms with Crippen molar-refractivity contribution in [3.63, 3.8) is 0 Å². The van der Waals surface area contributed by atoms with Crippen LogP contribution in [0.4, 0.5) is 16.4 Å². The molecule has 4 aromatic rings. The van der Waals surface area contributed by atoms with Crippen molar-refractivity contribution < 1.29 is 17.9 Å². The van der Waals surface area contributed by atoms with Gasteiger partial charge in [0.2, 0.25) is 15.6 Å². The van der Waals surface area contributed by atoms with Crippen molar-refractivity contribution in [1.82, 2.24) is 0 Å². The zero-order chi connectivity index (χ0) is 23.4. The third-order valence-corrected chi connectivity index (χ3v) is 7.99. The van der Waals surface area contributed by atoms with Crippen LogP contribution in [-0.4, -0.2) is 20.8 Å². The lowest BCUT2D eigenvalue weighted by atomic mass is 10.1. The molecule has 0 unspecified atom stereocenters. The Hall–Kier alpha value is -3.62. The summed E-state index contributed by atoms with van der Waals surface area (Å²) in [7, 11) is -3.99. The number of hydrogen-bond donors (Lipinski definition) is 2. The molecule has 3 N–H and O–H groups in total. The third kappa shape index (κ3) is 4.62. The summed E-state index contributed by atoms with van der Waals surface area (Å²) in [5, 5.41) is 3.41. The zero-order valence-electron chi connectivity index (χ0n) is 17.8. The average Bonchev–Trinajstić information content (AvgIpc) is 3.17. The van der Waals surface area contributed by atoms with Gasteiger partial charge in [-0.05, 0) is 43.3 Å². The number of hydrogen-bond acceptors (Lipinski definition) is 7. The van der Waals surface area contributed by atoms with E-state index in [1.807, 2.05) is 6.92 Å². The first-order valence-electron chi connectivity index (χ1n) is 10.2. The largest absolute Gasteiger partial charge is 0.494 e. The summed E-state index contributed by atoms with van der Waals surface area (Å²) in [5.41, 5.74) is 7.34. The third-order valence-electron chi connectivity index (χ3n) is 4.89. The van der Waals surface area contributed by atoms with Crippen molar-refractivity contribution in [1.29, 1.82) is 0 Å². The quantitative estimate of drug-likeness (QED) is 0.323. The minimum Gasteiger partial charge on any atom is -0.494 e. The number of ether oxygens (including phenoxy) is 1. The van der Waals surface area contributed by atoms with E-state index in [4.69, 9.17) is 10.5 Å². The van der Waals surface area contributed by atoms with Crippen molar-refractivity contribution >= 4 is 43.3 Å². The topological polar surface area (TPSA) is 98.5 Å². The second-order valence-corrected chi connectivity index (χ2v) is 10.0. The smallest absolute Gasteiger partial charge is 0.211 e. The predicted molar refractivity (Wildman–Crippen MR) is 131 cm³/mol. The zero-order valence-corrected chi connectivity index (χ0v) is 19.4. The molecule has 0 saturated carbocycles. The van der Waals surface area contributed by atoms with Gasteiger partial charge in [0.15, 0.2) is 0 Å². The summed E-state index contributed by atoms with van der Waals surface area (Å²) < 4.78 is 32.5. The first-order valence-corrected chi connectivity index (χ1v) is 12.5. The monoisotopic (exact) mass is 478 g/mol. The maximum absolute atomic E-state index is 13.5. The summed E-state index contributed by atoms with van der Waals surface area (Å²) in [4.78, 5) is 13.3. The van der Waals surface area contributed by atoms with Crippen LogP contribution in [0.2, 0.25) is 0 Å². The first-order chi connectivity index (χ1) is 15.9. The molecule has 0 aliphatic heterocycles. The molecule has 0 spiro atoms. The fourth-order valence-electron chi connectivity index (χ4n) is 3.32. The van der Waals surface area contributed by atoms with Gasteiger partial charge in [-0.1, -0.05) is 48.5 Å². The molecule has 0 aliphatic carbocycles. The van der Waals surface area contributed by atoms with Crippen molar-refractivity contribution in [2.24, 2.45) is 0 Å². The number of nitrogen functional groups attached to an aromatic ring is 1. The van der Waals surface area contributed by atoms with Crippen LogP contribution in [0, 0.1) is 0 Å². The minimum absolute atomic E-state index is 0.0638. The fourth-order valence-corrected chi connectivity index (χ4v) is 6.27. The van der Waals surface area contributed by atoms with Crippen LogP contribution in [0.25, 0.3) is 0 Å². The van der Waals surface area contributed by atoms with Gasteiger partial charge in [-0.25, -0.2) is 8.42 Å². The molecule has 4 rings (SSSR count). The highest BCUT2D eigenvalue weighted by molar-refractivity contribution is 7.92. The van der Waals surface area contributed by atoms with Crippen LogP contribution in [0.3, 0.4) is 0 Å².